The molecule has 2 heterocycles. The minimum absolute atomic E-state index is 0.0151. The smallest absolute Gasteiger partial charge is 0.182 e. The number of nitrogens with zero attached hydrogens (tertiary/aromatic N) is 4. The van der Waals surface area contributed by atoms with Crippen LogP contribution in [0.5, 0.6) is 5.75 Å². The molecular formula is C20H17ClFN5O3S. The monoisotopic (exact) mass is 461 g/mol. The van der Waals surface area contributed by atoms with Gasteiger partial charge in [0.2, 0.25) is 0 Å². The van der Waals surface area contributed by atoms with Gasteiger partial charge in [-0.2, -0.15) is 5.10 Å². The summed E-state index contributed by atoms with van der Waals surface area (Å²) in [5.74, 6) is -0.783. The molecule has 160 valence electrons. The number of hydrogen-bond acceptors (Lipinski definition) is 7. The first kappa shape index (κ1) is 21.0. The summed E-state index contributed by atoms with van der Waals surface area (Å²) in [6.07, 6.45) is 1.29. The zero-order chi connectivity index (χ0) is 22.3. The Balaban J connectivity index is 1.78. The maximum Gasteiger partial charge on any atom is 0.182 e. The quantitative estimate of drug-likeness (QED) is 0.484. The topological polar surface area (TPSA) is 113 Å². The Bertz CT molecular complexity index is 1420. The second-order valence-corrected chi connectivity index (χ2v) is 9.16. The summed E-state index contributed by atoms with van der Waals surface area (Å²) < 4.78 is 47.7. The molecule has 4 aromatic rings. The Kier molecular flexibility index (Phi) is 5.28. The van der Waals surface area contributed by atoms with Crippen molar-refractivity contribution in [1.29, 1.82) is 0 Å². The van der Waals surface area contributed by atoms with Gasteiger partial charge in [-0.25, -0.2) is 27.5 Å². The zero-order valence-corrected chi connectivity index (χ0v) is 18.1. The minimum atomic E-state index is -3.88. The van der Waals surface area contributed by atoms with Crippen molar-refractivity contribution in [3.05, 3.63) is 59.1 Å². The lowest BCUT2D eigenvalue weighted by atomic mass is 10.1. The van der Waals surface area contributed by atoms with Crippen molar-refractivity contribution in [2.45, 2.75) is 10.6 Å². The molecule has 2 N–H and O–H groups in total. The SMILES string of the molecule is COc1ccc(S(=O)(=O)Cc2cccc(-c3nn(C)c4ncnc(N)c34)c2F)cc1Cl. The summed E-state index contributed by atoms with van der Waals surface area (Å²) in [6, 6.07) is 8.57. The molecule has 0 fully saturated rings. The van der Waals surface area contributed by atoms with E-state index in [1.807, 2.05) is 0 Å². The first-order valence-corrected chi connectivity index (χ1v) is 11.0. The lowest BCUT2D eigenvalue weighted by molar-refractivity contribution is 0.414. The zero-order valence-electron chi connectivity index (χ0n) is 16.5. The summed E-state index contributed by atoms with van der Waals surface area (Å²) in [6.45, 7) is 0. The number of aromatic nitrogens is 4. The van der Waals surface area contributed by atoms with Crippen LogP contribution in [0.2, 0.25) is 5.02 Å². The Morgan fingerprint density at radius 3 is 2.71 bits per heavy atom. The predicted octanol–water partition coefficient (Wildman–Crippen LogP) is 3.39. The Morgan fingerprint density at radius 1 is 1.23 bits per heavy atom. The largest absolute Gasteiger partial charge is 0.495 e. The molecule has 0 unspecified atom stereocenters. The summed E-state index contributed by atoms with van der Waals surface area (Å²) in [4.78, 5) is 8.04. The standard InChI is InChI=1S/C20H17ClFN5O3S/c1-27-20-16(19(23)24-10-25-20)18(26-27)13-5-3-4-11(17(13)22)9-31(28,29)12-6-7-15(30-2)14(21)8-12/h3-8,10H,9H2,1-2H3,(H2,23,24,25). The number of benzene rings is 2. The van der Waals surface area contributed by atoms with Crippen LogP contribution >= 0.6 is 11.6 Å². The number of nitrogens with two attached hydrogens (primary N) is 1. The van der Waals surface area contributed by atoms with Crippen molar-refractivity contribution in [3.8, 4) is 17.0 Å². The number of hydrogen-bond donors (Lipinski definition) is 1. The molecule has 2 aromatic heterocycles. The Morgan fingerprint density at radius 2 is 2.00 bits per heavy atom. The lowest BCUT2D eigenvalue weighted by Gasteiger charge is -2.10. The van der Waals surface area contributed by atoms with Crippen LogP contribution in [0.25, 0.3) is 22.3 Å². The fourth-order valence-corrected chi connectivity index (χ4v) is 4.99. The van der Waals surface area contributed by atoms with Gasteiger partial charge in [0.1, 0.15) is 29.4 Å². The molecule has 0 amide bonds. The maximum atomic E-state index is 15.4. The summed E-state index contributed by atoms with van der Waals surface area (Å²) in [5, 5.41) is 4.86. The molecular weight excluding hydrogens is 445 g/mol. The average Bonchev–Trinajstić information content (AvgIpc) is 3.07. The molecule has 0 atom stereocenters. The average molecular weight is 462 g/mol. The van der Waals surface area contributed by atoms with Crippen LogP contribution in [0.3, 0.4) is 0 Å². The van der Waals surface area contributed by atoms with Crippen LogP contribution in [0.4, 0.5) is 10.2 Å². The highest BCUT2D eigenvalue weighted by molar-refractivity contribution is 7.90. The van der Waals surface area contributed by atoms with E-state index in [-0.39, 0.29) is 32.6 Å². The summed E-state index contributed by atoms with van der Waals surface area (Å²) in [7, 11) is -0.806. The molecule has 0 spiro atoms. The van der Waals surface area contributed by atoms with Gasteiger partial charge in [0, 0.05) is 18.2 Å². The number of rotatable bonds is 5. The van der Waals surface area contributed by atoms with Crippen molar-refractivity contribution in [3.63, 3.8) is 0 Å². The second kappa shape index (κ2) is 7.78. The molecule has 0 saturated carbocycles. The van der Waals surface area contributed by atoms with Crippen molar-refractivity contribution in [2.24, 2.45) is 7.05 Å². The summed E-state index contributed by atoms with van der Waals surface area (Å²) in [5.41, 5.74) is 6.73. The van der Waals surface area contributed by atoms with Crippen molar-refractivity contribution in [2.75, 3.05) is 12.8 Å². The third kappa shape index (κ3) is 3.68. The van der Waals surface area contributed by atoms with E-state index >= 15 is 4.39 Å². The molecule has 31 heavy (non-hydrogen) atoms. The van der Waals surface area contributed by atoms with Gasteiger partial charge < -0.3 is 10.5 Å². The van der Waals surface area contributed by atoms with Crippen molar-refractivity contribution < 1.29 is 17.5 Å². The lowest BCUT2D eigenvalue weighted by Crippen LogP contribution is -2.07. The molecule has 0 saturated heterocycles. The molecule has 0 aliphatic carbocycles. The fraction of sp³-hybridized carbons (Fsp3) is 0.150. The van der Waals surface area contributed by atoms with E-state index in [9.17, 15) is 8.42 Å². The van der Waals surface area contributed by atoms with E-state index in [4.69, 9.17) is 22.1 Å². The van der Waals surface area contributed by atoms with E-state index in [1.54, 1.807) is 13.1 Å². The maximum absolute atomic E-state index is 15.4. The highest BCUT2D eigenvalue weighted by atomic mass is 35.5. The van der Waals surface area contributed by atoms with Crippen LogP contribution in [-0.4, -0.2) is 35.3 Å². The Labute approximate surface area is 182 Å². The number of methoxy groups -OCH3 is 1. The van der Waals surface area contributed by atoms with Crippen LogP contribution in [0.1, 0.15) is 5.56 Å². The van der Waals surface area contributed by atoms with Gasteiger partial charge in [-0.05, 0) is 24.3 Å². The third-order valence-electron chi connectivity index (χ3n) is 4.81. The fourth-order valence-electron chi connectivity index (χ4n) is 3.30. The number of sulfone groups is 1. The van der Waals surface area contributed by atoms with Crippen LogP contribution in [0.15, 0.2) is 47.6 Å². The van der Waals surface area contributed by atoms with Gasteiger partial charge in [-0.15, -0.1) is 0 Å². The number of nitrogen functional groups attached to an aromatic ring is 1. The Hall–Kier alpha value is -3.24. The predicted molar refractivity (Wildman–Crippen MR) is 115 cm³/mol. The van der Waals surface area contributed by atoms with E-state index in [0.29, 0.717) is 16.8 Å². The molecule has 0 radical (unpaired) electrons. The number of fused-ring (bicyclic) bond motifs is 1. The number of aryl methyl sites for hydroxylation is 1. The van der Waals surface area contributed by atoms with Crippen LogP contribution in [-0.2, 0) is 22.6 Å². The van der Waals surface area contributed by atoms with Crippen LogP contribution in [0, 0.1) is 5.82 Å². The number of anilines is 1. The van der Waals surface area contributed by atoms with E-state index in [2.05, 4.69) is 15.1 Å². The highest BCUT2D eigenvalue weighted by Gasteiger charge is 2.23. The second-order valence-electron chi connectivity index (χ2n) is 6.76. The highest BCUT2D eigenvalue weighted by Crippen LogP contribution is 2.34. The molecule has 2 aromatic carbocycles. The first-order chi connectivity index (χ1) is 14.7. The van der Waals surface area contributed by atoms with Gasteiger partial charge in [0.25, 0.3) is 0 Å². The minimum Gasteiger partial charge on any atom is -0.495 e. The van der Waals surface area contributed by atoms with E-state index in [0.717, 1.165) is 0 Å². The molecule has 8 nitrogen and oxygen atoms in total. The molecule has 0 aliphatic rings. The van der Waals surface area contributed by atoms with Gasteiger partial charge in [0.15, 0.2) is 15.5 Å². The molecule has 0 aliphatic heterocycles. The molecule has 11 heteroatoms. The number of halogens is 2. The van der Waals surface area contributed by atoms with Gasteiger partial charge in [-0.3, -0.25) is 0 Å². The van der Waals surface area contributed by atoms with Gasteiger partial charge >= 0.3 is 0 Å². The summed E-state index contributed by atoms with van der Waals surface area (Å²) >= 11 is 6.05. The van der Waals surface area contributed by atoms with E-state index in [1.165, 1.54) is 48.5 Å². The molecule has 4 rings (SSSR count). The van der Waals surface area contributed by atoms with E-state index < -0.39 is 21.4 Å². The third-order valence-corrected chi connectivity index (χ3v) is 6.77. The van der Waals surface area contributed by atoms with Crippen molar-refractivity contribution >= 4 is 38.3 Å². The van der Waals surface area contributed by atoms with Crippen molar-refractivity contribution in [1.82, 2.24) is 19.7 Å². The first-order valence-electron chi connectivity index (χ1n) is 9.00. The molecule has 0 bridgehead atoms. The normalized spacial score (nSPS) is 11.7. The van der Waals surface area contributed by atoms with Crippen LogP contribution < -0.4 is 10.5 Å². The number of ether oxygens (including phenoxy) is 1. The van der Waals surface area contributed by atoms with Gasteiger partial charge in [-0.1, -0.05) is 23.7 Å². The van der Waals surface area contributed by atoms with Gasteiger partial charge in [0.05, 0.1) is 28.2 Å².